The number of hydrogen-bond acceptors (Lipinski definition) is 2. The average molecular weight is 744 g/mol. The standard InChI is InChI=1S/C55H41N3/c1-38-32-55-52(37-54(38)57(46-22-6-3-7-23-46)48-28-25-40-15-9-12-18-43(40)34-48)51-36-50(30-31-53(51)58(55)49-29-26-41-16-10-13-19-44(41)35-49)56(45-20-4-2-5-21-45)47-27-24-39-14-8-11-17-42(39)33-47/h2-31,33-38H,32H2,1H3. The van der Waals surface area contributed by atoms with Gasteiger partial charge in [0.25, 0.3) is 0 Å². The molecule has 0 aliphatic heterocycles. The normalized spacial score (nSPS) is 13.8. The van der Waals surface area contributed by atoms with E-state index >= 15 is 0 Å². The molecule has 3 nitrogen and oxygen atoms in total. The molecule has 3 heteroatoms. The summed E-state index contributed by atoms with van der Waals surface area (Å²) in [4.78, 5) is 4.88. The van der Waals surface area contributed by atoms with Gasteiger partial charge < -0.3 is 14.4 Å². The molecule has 0 fully saturated rings. The minimum atomic E-state index is 0.237. The first-order valence-corrected chi connectivity index (χ1v) is 20.2. The molecule has 1 heterocycles. The lowest BCUT2D eigenvalue weighted by atomic mass is 9.89. The summed E-state index contributed by atoms with van der Waals surface area (Å²) >= 11 is 0. The van der Waals surface area contributed by atoms with E-state index in [0.29, 0.717) is 0 Å². The molecule has 58 heavy (non-hydrogen) atoms. The molecule has 1 aliphatic carbocycles. The maximum atomic E-state index is 2.52. The zero-order chi connectivity index (χ0) is 38.6. The molecule has 9 aromatic carbocycles. The monoisotopic (exact) mass is 743 g/mol. The average Bonchev–Trinajstić information content (AvgIpc) is 3.59. The Balaban J connectivity index is 1.16. The van der Waals surface area contributed by atoms with Crippen LogP contribution in [-0.4, -0.2) is 4.57 Å². The largest absolute Gasteiger partial charge is 0.314 e. The van der Waals surface area contributed by atoms with Gasteiger partial charge in [0.05, 0.1) is 5.52 Å². The fourth-order valence-corrected chi connectivity index (χ4v) is 9.12. The Kier molecular flexibility index (Phi) is 8.18. The molecule has 0 amide bonds. The third-order valence-electron chi connectivity index (χ3n) is 11.9. The third kappa shape index (κ3) is 5.83. The number of aromatic nitrogens is 1. The van der Waals surface area contributed by atoms with E-state index < -0.39 is 0 Å². The molecule has 1 atom stereocenters. The minimum Gasteiger partial charge on any atom is -0.314 e. The SMILES string of the molecule is CC1Cc2c(c3cc(N(c4ccccc4)c4ccc5ccccc5c4)ccc3n2-c2ccc3ccccc3c2)C=C1N(c1ccccc1)c1ccc2ccccc2c1. The topological polar surface area (TPSA) is 11.4 Å². The van der Waals surface area contributed by atoms with E-state index in [9.17, 15) is 0 Å². The van der Waals surface area contributed by atoms with E-state index in [1.165, 1.54) is 65.9 Å². The van der Waals surface area contributed by atoms with E-state index in [-0.39, 0.29) is 5.92 Å². The lowest BCUT2D eigenvalue weighted by Crippen LogP contribution is -2.25. The van der Waals surface area contributed by atoms with Crippen LogP contribution in [0.2, 0.25) is 0 Å². The van der Waals surface area contributed by atoms with Crippen LogP contribution in [-0.2, 0) is 6.42 Å². The van der Waals surface area contributed by atoms with E-state index in [2.05, 4.69) is 234 Å². The van der Waals surface area contributed by atoms with E-state index in [0.717, 1.165) is 34.9 Å². The first-order valence-electron chi connectivity index (χ1n) is 20.2. The second-order valence-corrected chi connectivity index (χ2v) is 15.5. The molecule has 0 radical (unpaired) electrons. The van der Waals surface area contributed by atoms with Gasteiger partial charge in [-0.05, 0) is 124 Å². The fourth-order valence-electron chi connectivity index (χ4n) is 9.12. The molecule has 0 N–H and O–H groups in total. The minimum absolute atomic E-state index is 0.237. The molecule has 10 aromatic rings. The molecule has 0 saturated heterocycles. The van der Waals surface area contributed by atoms with Crippen LogP contribution in [0.4, 0.5) is 28.4 Å². The Morgan fingerprint density at radius 1 is 0.414 bits per heavy atom. The molecule has 1 aromatic heterocycles. The second-order valence-electron chi connectivity index (χ2n) is 15.5. The summed E-state index contributed by atoms with van der Waals surface area (Å²) in [5.74, 6) is 0.237. The van der Waals surface area contributed by atoms with Crippen LogP contribution in [0.1, 0.15) is 18.2 Å². The molecule has 0 saturated carbocycles. The van der Waals surface area contributed by atoms with Crippen molar-refractivity contribution in [1.82, 2.24) is 4.57 Å². The Bertz CT molecular complexity index is 3180. The first kappa shape index (κ1) is 33.9. The van der Waals surface area contributed by atoms with Crippen molar-refractivity contribution in [2.75, 3.05) is 9.80 Å². The van der Waals surface area contributed by atoms with Gasteiger partial charge in [0, 0.05) is 62.4 Å². The Morgan fingerprint density at radius 3 is 1.48 bits per heavy atom. The zero-order valence-corrected chi connectivity index (χ0v) is 32.3. The zero-order valence-electron chi connectivity index (χ0n) is 32.3. The molecule has 1 aliphatic rings. The Labute approximate surface area is 339 Å². The number of nitrogens with zero attached hydrogens (tertiary/aromatic N) is 3. The van der Waals surface area contributed by atoms with Crippen LogP contribution in [0.3, 0.4) is 0 Å². The Morgan fingerprint density at radius 2 is 0.879 bits per heavy atom. The summed E-state index contributed by atoms with van der Waals surface area (Å²) in [6, 6.07) is 75.1. The number of para-hydroxylation sites is 2. The van der Waals surface area contributed by atoms with Crippen LogP contribution in [0, 0.1) is 5.92 Å². The van der Waals surface area contributed by atoms with Gasteiger partial charge in [0.2, 0.25) is 0 Å². The van der Waals surface area contributed by atoms with E-state index in [1.54, 1.807) is 0 Å². The molecule has 276 valence electrons. The highest BCUT2D eigenvalue weighted by molar-refractivity contribution is 5.99. The van der Waals surface area contributed by atoms with Gasteiger partial charge in [-0.1, -0.05) is 134 Å². The summed E-state index contributed by atoms with van der Waals surface area (Å²) in [6.07, 6.45) is 3.38. The van der Waals surface area contributed by atoms with Gasteiger partial charge in [-0.25, -0.2) is 0 Å². The quantitative estimate of drug-likeness (QED) is 0.161. The summed E-state index contributed by atoms with van der Waals surface area (Å²) in [6.45, 7) is 2.39. The maximum Gasteiger partial charge on any atom is 0.0539 e. The second kappa shape index (κ2) is 14.0. The van der Waals surface area contributed by atoms with Crippen LogP contribution >= 0.6 is 0 Å². The van der Waals surface area contributed by atoms with Crippen LogP contribution in [0.15, 0.2) is 212 Å². The van der Waals surface area contributed by atoms with Gasteiger partial charge >= 0.3 is 0 Å². The number of rotatable bonds is 7. The van der Waals surface area contributed by atoms with Crippen molar-refractivity contribution in [2.45, 2.75) is 13.3 Å². The Hall–Kier alpha value is -7.36. The summed E-state index contributed by atoms with van der Waals surface area (Å²) < 4.78 is 2.52. The predicted octanol–water partition coefficient (Wildman–Crippen LogP) is 14.9. The molecular weight excluding hydrogens is 703 g/mol. The van der Waals surface area contributed by atoms with Crippen molar-refractivity contribution in [2.24, 2.45) is 5.92 Å². The number of benzene rings is 9. The molecular formula is C55H41N3. The number of hydrogen-bond donors (Lipinski definition) is 0. The van der Waals surface area contributed by atoms with Crippen LogP contribution < -0.4 is 9.80 Å². The predicted molar refractivity (Wildman–Crippen MR) is 246 cm³/mol. The van der Waals surface area contributed by atoms with Crippen molar-refractivity contribution in [3.8, 4) is 5.69 Å². The van der Waals surface area contributed by atoms with Gasteiger partial charge in [-0.3, -0.25) is 0 Å². The van der Waals surface area contributed by atoms with Crippen molar-refractivity contribution in [3.63, 3.8) is 0 Å². The lowest BCUT2D eigenvalue weighted by molar-refractivity contribution is 0.639. The number of allylic oxidation sites excluding steroid dienone is 1. The van der Waals surface area contributed by atoms with Crippen LogP contribution in [0.25, 0.3) is 55.0 Å². The van der Waals surface area contributed by atoms with Crippen LogP contribution in [0.5, 0.6) is 0 Å². The third-order valence-corrected chi connectivity index (χ3v) is 11.9. The number of fused-ring (bicyclic) bond motifs is 6. The van der Waals surface area contributed by atoms with E-state index in [4.69, 9.17) is 0 Å². The summed E-state index contributed by atoms with van der Waals surface area (Å²) in [5.41, 5.74) is 12.0. The van der Waals surface area contributed by atoms with Crippen molar-refractivity contribution >= 4 is 77.7 Å². The molecule has 0 spiro atoms. The number of anilines is 5. The first-order chi connectivity index (χ1) is 28.7. The van der Waals surface area contributed by atoms with Crippen molar-refractivity contribution < 1.29 is 0 Å². The van der Waals surface area contributed by atoms with Gasteiger partial charge in [0.15, 0.2) is 0 Å². The maximum absolute atomic E-state index is 2.52. The smallest absolute Gasteiger partial charge is 0.0539 e. The van der Waals surface area contributed by atoms with Crippen molar-refractivity contribution in [3.05, 3.63) is 223 Å². The van der Waals surface area contributed by atoms with Crippen molar-refractivity contribution in [1.29, 1.82) is 0 Å². The van der Waals surface area contributed by atoms with Gasteiger partial charge in [-0.15, -0.1) is 0 Å². The highest BCUT2D eigenvalue weighted by Crippen LogP contribution is 2.45. The molecule has 1 unspecified atom stereocenters. The summed E-state index contributed by atoms with van der Waals surface area (Å²) in [5, 5.41) is 8.65. The fraction of sp³-hybridized carbons (Fsp3) is 0.0545. The van der Waals surface area contributed by atoms with Gasteiger partial charge in [-0.2, -0.15) is 0 Å². The highest BCUT2D eigenvalue weighted by atomic mass is 15.2. The lowest BCUT2D eigenvalue weighted by Gasteiger charge is -2.34. The highest BCUT2D eigenvalue weighted by Gasteiger charge is 2.30. The van der Waals surface area contributed by atoms with E-state index in [1.807, 2.05) is 0 Å². The molecule has 11 rings (SSSR count). The summed E-state index contributed by atoms with van der Waals surface area (Å²) in [7, 11) is 0. The molecule has 0 bridgehead atoms. The van der Waals surface area contributed by atoms with Gasteiger partial charge in [0.1, 0.15) is 0 Å².